The molecule has 0 saturated heterocycles. The number of nitrogens with zero attached hydrogens (tertiary/aromatic N) is 3. The molecule has 0 aliphatic carbocycles. The van der Waals surface area contributed by atoms with Gasteiger partial charge in [-0.15, -0.1) is 15.7 Å². The minimum absolute atomic E-state index is 0.233. The second-order valence-electron chi connectivity index (χ2n) is 2.77. The highest BCUT2D eigenvalue weighted by atomic mass is 35.5. The Morgan fingerprint density at radius 1 is 1.79 bits per heavy atom. The summed E-state index contributed by atoms with van der Waals surface area (Å²) in [7, 11) is -2.47. The summed E-state index contributed by atoms with van der Waals surface area (Å²) in [6.45, 7) is 1.79. The van der Waals surface area contributed by atoms with Crippen LogP contribution in [0.4, 0.5) is 0 Å². The highest BCUT2D eigenvalue weighted by Crippen LogP contribution is 2.24. The second-order valence-corrected chi connectivity index (χ2v) is 6.83. The summed E-state index contributed by atoms with van der Waals surface area (Å²) in [5, 5.41) is 8.32. The van der Waals surface area contributed by atoms with Crippen LogP contribution >= 0.6 is 22.9 Å². The third kappa shape index (κ3) is 2.94. The van der Waals surface area contributed by atoms with Crippen LogP contribution in [-0.2, 0) is 15.5 Å². The molecular formula is C7H8ClN3OS2. The van der Waals surface area contributed by atoms with Crippen LogP contribution in [0.1, 0.15) is 10.6 Å². The van der Waals surface area contributed by atoms with Gasteiger partial charge in [-0.1, -0.05) is 11.6 Å². The summed E-state index contributed by atoms with van der Waals surface area (Å²) in [5.74, 6) is 0.233. The largest absolute Gasteiger partial charge is 0.249 e. The van der Waals surface area contributed by atoms with E-state index >= 15 is 0 Å². The van der Waals surface area contributed by atoms with Crippen molar-refractivity contribution in [2.24, 2.45) is 4.36 Å². The number of aromatic nitrogens is 1. The van der Waals surface area contributed by atoms with E-state index < -0.39 is 9.73 Å². The van der Waals surface area contributed by atoms with Crippen LogP contribution in [0, 0.1) is 18.4 Å². The van der Waals surface area contributed by atoms with Crippen molar-refractivity contribution in [1.82, 2.24) is 4.98 Å². The Balaban J connectivity index is 3.02. The van der Waals surface area contributed by atoms with Gasteiger partial charge in [0.05, 0.1) is 21.2 Å². The lowest BCUT2D eigenvalue weighted by atomic mass is 10.4. The summed E-state index contributed by atoms with van der Waals surface area (Å²) in [6.07, 6.45) is 3.00. The van der Waals surface area contributed by atoms with Gasteiger partial charge in [-0.3, -0.25) is 0 Å². The summed E-state index contributed by atoms with van der Waals surface area (Å²) >= 11 is 6.96. The van der Waals surface area contributed by atoms with Gasteiger partial charge in [-0.2, -0.15) is 5.26 Å². The van der Waals surface area contributed by atoms with Crippen molar-refractivity contribution >= 4 is 32.7 Å². The predicted octanol–water partition coefficient (Wildman–Crippen LogP) is 2.18. The van der Waals surface area contributed by atoms with E-state index in [-0.39, 0.29) is 5.75 Å². The highest BCUT2D eigenvalue weighted by Gasteiger charge is 2.11. The van der Waals surface area contributed by atoms with Gasteiger partial charge in [-0.25, -0.2) is 9.19 Å². The lowest BCUT2D eigenvalue weighted by molar-refractivity contribution is 0.680. The SMILES string of the molecule is Cc1nc(Cl)sc1CS(C)(=O)=NC#N. The third-order valence-corrected chi connectivity index (χ3v) is 4.24. The molecule has 1 aromatic rings. The average molecular weight is 250 g/mol. The van der Waals surface area contributed by atoms with E-state index in [0.717, 1.165) is 10.6 Å². The molecule has 1 atom stereocenters. The van der Waals surface area contributed by atoms with Gasteiger partial charge in [0, 0.05) is 11.1 Å². The second kappa shape index (κ2) is 4.26. The lowest BCUT2D eigenvalue weighted by Crippen LogP contribution is -2.00. The minimum atomic E-state index is -2.47. The summed E-state index contributed by atoms with van der Waals surface area (Å²) in [4.78, 5) is 4.81. The summed E-state index contributed by atoms with van der Waals surface area (Å²) in [6, 6.07) is 0. The first-order chi connectivity index (χ1) is 6.44. The van der Waals surface area contributed by atoms with Gasteiger partial charge in [0.25, 0.3) is 0 Å². The van der Waals surface area contributed by atoms with Crippen molar-refractivity contribution in [3.63, 3.8) is 0 Å². The Labute approximate surface area is 91.7 Å². The quantitative estimate of drug-likeness (QED) is 0.755. The maximum atomic E-state index is 11.7. The van der Waals surface area contributed by atoms with Crippen LogP contribution in [0.15, 0.2) is 4.36 Å². The van der Waals surface area contributed by atoms with Crippen molar-refractivity contribution in [3.8, 4) is 6.19 Å². The smallest absolute Gasteiger partial charge is 0.214 e. The first-order valence-electron chi connectivity index (χ1n) is 3.64. The van der Waals surface area contributed by atoms with E-state index in [4.69, 9.17) is 16.9 Å². The Bertz CT molecular complexity index is 494. The van der Waals surface area contributed by atoms with Crippen LogP contribution in [0.2, 0.25) is 4.47 Å². The minimum Gasteiger partial charge on any atom is -0.249 e. The number of halogens is 1. The zero-order valence-electron chi connectivity index (χ0n) is 7.65. The standard InChI is InChI=1S/C7H8ClN3OS2/c1-5-6(13-7(8)11-5)3-14(2,12)10-4-9/h3H2,1-2H3. The maximum Gasteiger partial charge on any atom is 0.214 e. The topological polar surface area (TPSA) is 66.1 Å². The molecule has 76 valence electrons. The van der Waals surface area contributed by atoms with Crippen molar-refractivity contribution in [2.75, 3.05) is 6.26 Å². The normalized spacial score (nSPS) is 14.4. The van der Waals surface area contributed by atoms with Crippen molar-refractivity contribution in [2.45, 2.75) is 12.7 Å². The lowest BCUT2D eigenvalue weighted by Gasteiger charge is -1.98. The average Bonchev–Trinajstić information content (AvgIpc) is 2.28. The number of hydrogen-bond acceptors (Lipinski definition) is 5. The molecule has 14 heavy (non-hydrogen) atoms. The van der Waals surface area contributed by atoms with Crippen LogP contribution < -0.4 is 0 Å². The van der Waals surface area contributed by atoms with Gasteiger partial charge in [0.15, 0.2) is 4.47 Å². The molecule has 0 aliphatic heterocycles. The fraction of sp³-hybridized carbons (Fsp3) is 0.429. The Morgan fingerprint density at radius 2 is 2.43 bits per heavy atom. The fourth-order valence-electron chi connectivity index (χ4n) is 0.888. The van der Waals surface area contributed by atoms with Crippen LogP contribution in [0.3, 0.4) is 0 Å². The molecule has 4 nitrogen and oxygen atoms in total. The monoisotopic (exact) mass is 249 g/mol. The zero-order chi connectivity index (χ0) is 10.8. The molecule has 1 unspecified atom stereocenters. The van der Waals surface area contributed by atoms with Gasteiger partial charge in [0.2, 0.25) is 6.19 Å². The number of nitriles is 1. The van der Waals surface area contributed by atoms with Crippen LogP contribution in [-0.4, -0.2) is 15.4 Å². The molecule has 0 aromatic carbocycles. The highest BCUT2D eigenvalue weighted by molar-refractivity contribution is 7.92. The molecule has 0 spiro atoms. The van der Waals surface area contributed by atoms with Crippen LogP contribution in [0.5, 0.6) is 0 Å². The van der Waals surface area contributed by atoms with Crippen molar-refractivity contribution in [1.29, 1.82) is 5.26 Å². The molecule has 1 aromatic heterocycles. The molecule has 0 N–H and O–H groups in total. The van der Waals surface area contributed by atoms with Gasteiger partial charge < -0.3 is 0 Å². The Hall–Kier alpha value is -0.640. The summed E-state index contributed by atoms with van der Waals surface area (Å²) < 4.78 is 15.5. The molecule has 0 saturated carbocycles. The van der Waals surface area contributed by atoms with E-state index in [9.17, 15) is 4.21 Å². The maximum absolute atomic E-state index is 11.7. The van der Waals surface area contributed by atoms with Crippen molar-refractivity contribution in [3.05, 3.63) is 15.0 Å². The molecule has 0 aliphatic rings. The molecule has 0 radical (unpaired) electrons. The Kier molecular flexibility index (Phi) is 3.48. The fourth-order valence-corrected chi connectivity index (χ4v) is 3.70. The summed E-state index contributed by atoms with van der Waals surface area (Å²) in [5.41, 5.74) is 0.753. The van der Waals surface area contributed by atoms with E-state index in [1.165, 1.54) is 17.6 Å². The molecular weight excluding hydrogens is 242 g/mol. The number of thiazole rings is 1. The number of rotatable bonds is 2. The Morgan fingerprint density at radius 3 is 2.86 bits per heavy atom. The van der Waals surface area contributed by atoms with Gasteiger partial charge >= 0.3 is 0 Å². The first-order valence-corrected chi connectivity index (χ1v) is 6.93. The van der Waals surface area contributed by atoms with E-state index in [0.29, 0.717) is 4.47 Å². The van der Waals surface area contributed by atoms with E-state index in [1.807, 2.05) is 0 Å². The molecule has 1 heterocycles. The number of hydrogen-bond donors (Lipinski definition) is 0. The van der Waals surface area contributed by atoms with Gasteiger partial charge in [0.1, 0.15) is 0 Å². The van der Waals surface area contributed by atoms with Crippen LogP contribution in [0.25, 0.3) is 0 Å². The first kappa shape index (κ1) is 11.4. The van der Waals surface area contributed by atoms with E-state index in [2.05, 4.69) is 9.35 Å². The molecule has 0 bridgehead atoms. The molecule has 1 rings (SSSR count). The zero-order valence-corrected chi connectivity index (χ0v) is 10.0. The van der Waals surface area contributed by atoms with Crippen molar-refractivity contribution < 1.29 is 4.21 Å². The van der Waals surface area contributed by atoms with E-state index in [1.54, 1.807) is 13.1 Å². The molecule has 0 amide bonds. The van der Waals surface area contributed by atoms with Gasteiger partial charge in [-0.05, 0) is 6.92 Å². The molecule has 7 heteroatoms. The molecule has 0 fully saturated rings. The third-order valence-electron chi connectivity index (χ3n) is 1.50. The number of aryl methyl sites for hydroxylation is 1. The predicted molar refractivity (Wildman–Crippen MR) is 57.7 cm³/mol.